The van der Waals surface area contributed by atoms with E-state index in [-0.39, 0.29) is 22.9 Å². The number of methoxy groups -OCH3 is 1. The number of esters is 1. The summed E-state index contributed by atoms with van der Waals surface area (Å²) in [6, 6.07) is 1.23. The lowest BCUT2D eigenvalue weighted by atomic mass is 10.1. The molecule has 0 aliphatic carbocycles. The zero-order chi connectivity index (χ0) is 20.0. The van der Waals surface area contributed by atoms with E-state index >= 15 is 4.39 Å². The van der Waals surface area contributed by atoms with Crippen LogP contribution in [-0.2, 0) is 4.74 Å². The van der Waals surface area contributed by atoms with E-state index in [0.717, 1.165) is 13.1 Å². The second-order valence-electron chi connectivity index (χ2n) is 6.69. The van der Waals surface area contributed by atoms with Gasteiger partial charge in [-0.1, -0.05) is 11.8 Å². The molecule has 2 aromatic rings. The number of ether oxygens (including phenoxy) is 2. The van der Waals surface area contributed by atoms with Crippen molar-refractivity contribution in [1.29, 1.82) is 0 Å². The van der Waals surface area contributed by atoms with Gasteiger partial charge in [0.15, 0.2) is 11.6 Å². The molecule has 7 nitrogen and oxygen atoms in total. The molecule has 1 atom stereocenters. The van der Waals surface area contributed by atoms with Gasteiger partial charge < -0.3 is 24.3 Å². The molecule has 1 N–H and O–H groups in total. The molecule has 1 aromatic heterocycles. The molecule has 1 fully saturated rings. The summed E-state index contributed by atoms with van der Waals surface area (Å²) in [6.07, 6.45) is 0. The number of thioether (sulfide) groups is 1. The predicted octanol–water partition coefficient (Wildman–Crippen LogP) is 2.36. The van der Waals surface area contributed by atoms with E-state index in [1.807, 2.05) is 16.4 Å². The Labute approximate surface area is 165 Å². The number of carbonyl (C=O) groups is 1. The van der Waals surface area contributed by atoms with Crippen LogP contribution in [0.5, 0.6) is 5.75 Å². The second-order valence-corrected chi connectivity index (χ2v) is 7.99. The SMILES string of the molecule is CCOC(=O)c1c2n(c3c(OC)c(N4CCNCC4)c(F)cc3c1=O)C(C)S2. The number of anilines is 1. The first-order chi connectivity index (χ1) is 13.5. The van der Waals surface area contributed by atoms with Crippen molar-refractivity contribution in [2.24, 2.45) is 0 Å². The molecule has 0 spiro atoms. The first kappa shape index (κ1) is 19.1. The number of carbonyl (C=O) groups excluding carboxylic acids is 1. The van der Waals surface area contributed by atoms with E-state index in [9.17, 15) is 9.59 Å². The standard InChI is InChI=1S/C19H22FN3O4S/c1-4-27-19(25)13-16(24)11-9-12(20)15(22-7-5-21-6-8-22)17(26-3)14(11)23-10(2)28-18(13)23/h9-10,21H,4-8H2,1-3H3. The van der Waals surface area contributed by atoms with Gasteiger partial charge in [0.1, 0.15) is 11.3 Å². The van der Waals surface area contributed by atoms with Crippen molar-refractivity contribution in [1.82, 2.24) is 9.88 Å². The van der Waals surface area contributed by atoms with Crippen molar-refractivity contribution >= 4 is 34.3 Å². The van der Waals surface area contributed by atoms with Gasteiger partial charge in [0, 0.05) is 26.2 Å². The third kappa shape index (κ3) is 2.76. The van der Waals surface area contributed by atoms with Gasteiger partial charge in [-0.2, -0.15) is 0 Å². The maximum atomic E-state index is 15.1. The number of piperazine rings is 1. The Kier molecular flexibility index (Phi) is 4.96. The van der Waals surface area contributed by atoms with Crippen LogP contribution in [0.25, 0.3) is 10.9 Å². The lowest BCUT2D eigenvalue weighted by Gasteiger charge is -2.35. The average Bonchev–Trinajstić information content (AvgIpc) is 2.68. The first-order valence-electron chi connectivity index (χ1n) is 9.27. The van der Waals surface area contributed by atoms with Crippen molar-refractivity contribution < 1.29 is 18.7 Å². The lowest BCUT2D eigenvalue weighted by molar-refractivity contribution is 0.0518. The quantitative estimate of drug-likeness (QED) is 0.780. The third-order valence-electron chi connectivity index (χ3n) is 5.09. The Hall–Kier alpha value is -2.26. The van der Waals surface area contributed by atoms with Crippen LogP contribution >= 0.6 is 11.8 Å². The van der Waals surface area contributed by atoms with Gasteiger partial charge in [-0.3, -0.25) is 4.79 Å². The van der Waals surface area contributed by atoms with Crippen LogP contribution in [0.2, 0.25) is 0 Å². The van der Waals surface area contributed by atoms with E-state index in [0.29, 0.717) is 35.1 Å². The van der Waals surface area contributed by atoms with Crippen LogP contribution in [0.3, 0.4) is 0 Å². The molecule has 3 heterocycles. The Morgan fingerprint density at radius 3 is 2.71 bits per heavy atom. The summed E-state index contributed by atoms with van der Waals surface area (Å²) in [4.78, 5) is 27.4. The summed E-state index contributed by atoms with van der Waals surface area (Å²) in [7, 11) is 1.48. The molecule has 0 radical (unpaired) electrons. The first-order valence-corrected chi connectivity index (χ1v) is 10.2. The van der Waals surface area contributed by atoms with E-state index < -0.39 is 17.2 Å². The van der Waals surface area contributed by atoms with E-state index in [2.05, 4.69) is 5.32 Å². The minimum Gasteiger partial charge on any atom is -0.492 e. The fourth-order valence-electron chi connectivity index (χ4n) is 3.86. The average molecular weight is 407 g/mol. The molecule has 1 aromatic carbocycles. The molecule has 150 valence electrons. The molecule has 0 amide bonds. The number of aromatic nitrogens is 1. The molecular formula is C19H22FN3O4S. The number of rotatable bonds is 4. The lowest BCUT2D eigenvalue weighted by Crippen LogP contribution is -2.44. The maximum Gasteiger partial charge on any atom is 0.344 e. The van der Waals surface area contributed by atoms with Gasteiger partial charge in [-0.05, 0) is 19.9 Å². The van der Waals surface area contributed by atoms with Crippen LogP contribution < -0.4 is 20.4 Å². The summed E-state index contributed by atoms with van der Waals surface area (Å²) < 4.78 is 27.7. The molecule has 0 bridgehead atoms. The number of benzene rings is 1. The van der Waals surface area contributed by atoms with Crippen LogP contribution in [-0.4, -0.2) is 50.4 Å². The predicted molar refractivity (Wildman–Crippen MR) is 106 cm³/mol. The van der Waals surface area contributed by atoms with Gasteiger partial charge in [-0.25, -0.2) is 9.18 Å². The number of hydrogen-bond donors (Lipinski definition) is 1. The van der Waals surface area contributed by atoms with Crippen molar-refractivity contribution in [3.05, 3.63) is 27.7 Å². The van der Waals surface area contributed by atoms with Gasteiger partial charge in [0.2, 0.25) is 5.43 Å². The summed E-state index contributed by atoms with van der Waals surface area (Å²) >= 11 is 1.42. The van der Waals surface area contributed by atoms with Crippen molar-refractivity contribution in [2.75, 3.05) is 44.8 Å². The van der Waals surface area contributed by atoms with Gasteiger partial charge >= 0.3 is 5.97 Å². The van der Waals surface area contributed by atoms with Gasteiger partial charge in [0.25, 0.3) is 0 Å². The number of hydrogen-bond acceptors (Lipinski definition) is 7. The summed E-state index contributed by atoms with van der Waals surface area (Å²) in [5, 5.41) is 3.90. The minimum atomic E-state index is -0.678. The van der Waals surface area contributed by atoms with E-state index in [1.165, 1.54) is 24.9 Å². The number of fused-ring (bicyclic) bond motifs is 3. The monoisotopic (exact) mass is 407 g/mol. The fraction of sp³-hybridized carbons (Fsp3) is 0.474. The molecule has 4 rings (SSSR count). The Balaban J connectivity index is 2.03. The number of halogens is 1. The molecule has 2 aliphatic rings. The van der Waals surface area contributed by atoms with Crippen LogP contribution in [0.1, 0.15) is 29.6 Å². The van der Waals surface area contributed by atoms with Crippen LogP contribution in [0.4, 0.5) is 10.1 Å². The topological polar surface area (TPSA) is 72.8 Å². The highest BCUT2D eigenvalue weighted by atomic mass is 32.2. The molecule has 1 unspecified atom stereocenters. The molecule has 0 saturated carbocycles. The number of pyridine rings is 1. The van der Waals surface area contributed by atoms with Crippen LogP contribution in [0, 0.1) is 5.82 Å². The van der Waals surface area contributed by atoms with Crippen LogP contribution in [0.15, 0.2) is 15.9 Å². The molecule has 9 heteroatoms. The van der Waals surface area contributed by atoms with Gasteiger partial charge in [0.05, 0.1) is 35.0 Å². The molecule has 28 heavy (non-hydrogen) atoms. The Morgan fingerprint density at radius 2 is 2.11 bits per heavy atom. The number of nitrogens with zero attached hydrogens (tertiary/aromatic N) is 2. The zero-order valence-electron chi connectivity index (χ0n) is 16.0. The van der Waals surface area contributed by atoms with Gasteiger partial charge in [-0.15, -0.1) is 0 Å². The fourth-order valence-corrected chi connectivity index (χ4v) is 5.00. The highest BCUT2D eigenvalue weighted by Crippen LogP contribution is 2.50. The Bertz CT molecular complexity index is 1020. The molecular weight excluding hydrogens is 385 g/mol. The zero-order valence-corrected chi connectivity index (χ0v) is 16.8. The summed E-state index contributed by atoms with van der Waals surface area (Å²) in [6.45, 7) is 6.57. The van der Waals surface area contributed by atoms with E-state index in [1.54, 1.807) is 6.92 Å². The highest BCUT2D eigenvalue weighted by molar-refractivity contribution is 8.00. The van der Waals surface area contributed by atoms with E-state index in [4.69, 9.17) is 9.47 Å². The molecule has 1 saturated heterocycles. The third-order valence-corrected chi connectivity index (χ3v) is 6.27. The smallest absolute Gasteiger partial charge is 0.344 e. The van der Waals surface area contributed by atoms with Crippen molar-refractivity contribution in [3.63, 3.8) is 0 Å². The minimum absolute atomic E-state index is 0.0125. The number of nitrogens with one attached hydrogen (secondary N) is 1. The summed E-state index contributed by atoms with van der Waals surface area (Å²) in [5.41, 5.74) is 0.326. The normalized spacial score (nSPS) is 18.6. The second kappa shape index (κ2) is 7.29. The summed E-state index contributed by atoms with van der Waals surface area (Å²) in [5.74, 6) is -0.876. The molecule has 2 aliphatic heterocycles. The largest absolute Gasteiger partial charge is 0.492 e. The highest BCUT2D eigenvalue weighted by Gasteiger charge is 2.36. The maximum absolute atomic E-state index is 15.1. The van der Waals surface area contributed by atoms with Crippen molar-refractivity contribution in [3.8, 4) is 5.75 Å². The Morgan fingerprint density at radius 1 is 1.39 bits per heavy atom. The van der Waals surface area contributed by atoms with Crippen molar-refractivity contribution in [2.45, 2.75) is 24.2 Å².